The molecular weight excluding hydrogens is 392 g/mol. The second-order valence-electron chi connectivity index (χ2n) is 7.31. The number of hydrogen-bond acceptors (Lipinski definition) is 6. The molecule has 0 heterocycles. The van der Waals surface area contributed by atoms with Crippen LogP contribution in [-0.4, -0.2) is 18.5 Å². The number of ether oxygens (including phenoxy) is 2. The van der Waals surface area contributed by atoms with Crippen molar-refractivity contribution in [1.29, 1.82) is 0 Å². The van der Waals surface area contributed by atoms with Gasteiger partial charge in [0, 0.05) is 6.42 Å². The number of rotatable bonds is 13. The van der Waals surface area contributed by atoms with Gasteiger partial charge in [-0.2, -0.15) is 10.2 Å². The highest BCUT2D eigenvalue weighted by Crippen LogP contribution is 2.22. The van der Waals surface area contributed by atoms with E-state index in [-0.39, 0.29) is 11.9 Å². The van der Waals surface area contributed by atoms with Gasteiger partial charge in [0.15, 0.2) is 0 Å². The van der Waals surface area contributed by atoms with E-state index in [4.69, 9.17) is 9.47 Å². The molecule has 2 rings (SSSR count). The minimum atomic E-state index is -0.358. The number of hydrogen-bond donors (Lipinski definition) is 0. The Morgan fingerprint density at radius 2 is 1.29 bits per heavy atom. The van der Waals surface area contributed by atoms with Crippen LogP contribution in [0.4, 0.5) is 11.4 Å². The van der Waals surface area contributed by atoms with Gasteiger partial charge in [0.05, 0.1) is 23.5 Å². The highest BCUT2D eigenvalue weighted by atomic mass is 16.5. The molecule has 0 spiro atoms. The van der Waals surface area contributed by atoms with Gasteiger partial charge in [0.25, 0.3) is 0 Å². The summed E-state index contributed by atoms with van der Waals surface area (Å²) < 4.78 is 10.3. The number of benzene rings is 2. The van der Waals surface area contributed by atoms with E-state index < -0.39 is 0 Å². The maximum Gasteiger partial charge on any atom is 0.338 e. The number of carbonyl (C=O) groups is 2. The molecule has 2 aromatic carbocycles. The molecule has 0 aliphatic rings. The van der Waals surface area contributed by atoms with Gasteiger partial charge in [-0.1, -0.05) is 45.4 Å². The Morgan fingerprint density at radius 1 is 0.742 bits per heavy atom. The molecular formula is C25H32N2O4. The molecule has 0 atom stereocenters. The van der Waals surface area contributed by atoms with Crippen LogP contribution in [0.15, 0.2) is 58.8 Å². The second kappa shape index (κ2) is 14.1. The quantitative estimate of drug-likeness (QED) is 0.146. The summed E-state index contributed by atoms with van der Waals surface area (Å²) >= 11 is 0. The van der Waals surface area contributed by atoms with E-state index in [9.17, 15) is 9.59 Å². The normalized spacial score (nSPS) is 10.9. The van der Waals surface area contributed by atoms with Crippen molar-refractivity contribution in [1.82, 2.24) is 0 Å². The second-order valence-corrected chi connectivity index (χ2v) is 7.31. The fourth-order valence-corrected chi connectivity index (χ4v) is 2.98. The van der Waals surface area contributed by atoms with Crippen LogP contribution in [0.2, 0.25) is 0 Å². The van der Waals surface area contributed by atoms with Crippen LogP contribution in [0.25, 0.3) is 0 Å². The van der Waals surface area contributed by atoms with E-state index >= 15 is 0 Å². The van der Waals surface area contributed by atoms with Crippen molar-refractivity contribution in [3.63, 3.8) is 0 Å². The molecule has 0 radical (unpaired) electrons. The molecule has 0 aromatic heterocycles. The molecule has 0 N–H and O–H groups in total. The Balaban J connectivity index is 1.74. The van der Waals surface area contributed by atoms with Gasteiger partial charge in [-0.05, 0) is 61.9 Å². The lowest BCUT2D eigenvalue weighted by molar-refractivity contribution is -0.134. The van der Waals surface area contributed by atoms with E-state index in [0.717, 1.165) is 12.8 Å². The van der Waals surface area contributed by atoms with Gasteiger partial charge in [-0.15, -0.1) is 0 Å². The average Bonchev–Trinajstić information content (AvgIpc) is 2.78. The summed E-state index contributed by atoms with van der Waals surface area (Å²) in [4.78, 5) is 23.6. The standard InChI is InChI=1S/C25H32N2O4/c1-3-5-6-7-8-9-10-11-24(28)31-23-18-16-22(17-19-23)27-26-21-14-12-20(13-15-21)25(29)30-4-2/h12-19H,3-11H2,1-2H3. The van der Waals surface area contributed by atoms with Crippen molar-refractivity contribution >= 4 is 23.3 Å². The summed E-state index contributed by atoms with van der Waals surface area (Å²) in [5.74, 6) is -0.0570. The van der Waals surface area contributed by atoms with Gasteiger partial charge in [-0.3, -0.25) is 4.79 Å². The monoisotopic (exact) mass is 424 g/mol. The Bertz CT molecular complexity index is 830. The summed E-state index contributed by atoms with van der Waals surface area (Å²) in [6.07, 6.45) is 8.62. The molecule has 166 valence electrons. The van der Waals surface area contributed by atoms with Crippen LogP contribution in [0.3, 0.4) is 0 Å². The van der Waals surface area contributed by atoms with E-state index in [1.54, 1.807) is 55.5 Å². The maximum atomic E-state index is 12.0. The first kappa shape index (κ1) is 24.3. The SMILES string of the molecule is CCCCCCCCCC(=O)Oc1ccc(N=Nc2ccc(C(=O)OCC)cc2)cc1. The minimum Gasteiger partial charge on any atom is -0.462 e. The van der Waals surface area contributed by atoms with Crippen molar-refractivity contribution in [3.8, 4) is 5.75 Å². The number of nitrogens with zero attached hydrogens (tertiary/aromatic N) is 2. The molecule has 0 aliphatic carbocycles. The molecule has 0 fully saturated rings. The van der Waals surface area contributed by atoms with Gasteiger partial charge in [0.2, 0.25) is 0 Å². The van der Waals surface area contributed by atoms with Gasteiger partial charge in [0.1, 0.15) is 5.75 Å². The van der Waals surface area contributed by atoms with E-state index in [1.807, 2.05) is 0 Å². The van der Waals surface area contributed by atoms with Crippen molar-refractivity contribution < 1.29 is 19.1 Å². The van der Waals surface area contributed by atoms with E-state index in [2.05, 4.69) is 17.2 Å². The molecule has 0 saturated carbocycles. The lowest BCUT2D eigenvalue weighted by Gasteiger charge is -2.05. The highest BCUT2D eigenvalue weighted by molar-refractivity contribution is 5.89. The van der Waals surface area contributed by atoms with Crippen LogP contribution >= 0.6 is 0 Å². The number of esters is 2. The van der Waals surface area contributed by atoms with Crippen molar-refractivity contribution in [2.45, 2.75) is 65.2 Å². The average molecular weight is 425 g/mol. The molecule has 0 amide bonds. The topological polar surface area (TPSA) is 77.3 Å². The number of unbranched alkanes of at least 4 members (excludes halogenated alkanes) is 6. The fraction of sp³-hybridized carbons (Fsp3) is 0.440. The third kappa shape index (κ3) is 9.55. The first-order chi connectivity index (χ1) is 15.1. The molecule has 0 saturated heterocycles. The Morgan fingerprint density at radius 3 is 1.87 bits per heavy atom. The van der Waals surface area contributed by atoms with Crippen LogP contribution in [-0.2, 0) is 9.53 Å². The molecule has 0 bridgehead atoms. The Hall–Kier alpha value is -3.02. The molecule has 2 aromatic rings. The van der Waals surface area contributed by atoms with Crippen LogP contribution in [0, 0.1) is 0 Å². The summed E-state index contributed by atoms with van der Waals surface area (Å²) in [7, 11) is 0. The first-order valence-electron chi connectivity index (χ1n) is 11.1. The van der Waals surface area contributed by atoms with Gasteiger partial charge >= 0.3 is 11.9 Å². The van der Waals surface area contributed by atoms with Crippen molar-refractivity contribution in [2.24, 2.45) is 10.2 Å². The smallest absolute Gasteiger partial charge is 0.338 e. The minimum absolute atomic E-state index is 0.204. The Labute approximate surface area is 184 Å². The molecule has 31 heavy (non-hydrogen) atoms. The summed E-state index contributed by atoms with van der Waals surface area (Å²) in [6.45, 7) is 4.31. The van der Waals surface area contributed by atoms with Crippen molar-refractivity contribution in [2.75, 3.05) is 6.61 Å². The van der Waals surface area contributed by atoms with Gasteiger partial charge in [-0.25, -0.2) is 4.79 Å². The zero-order valence-corrected chi connectivity index (χ0v) is 18.5. The van der Waals surface area contributed by atoms with Crippen LogP contribution in [0.5, 0.6) is 5.75 Å². The zero-order chi connectivity index (χ0) is 22.3. The summed E-state index contributed by atoms with van der Waals surface area (Å²) in [6, 6.07) is 13.6. The van der Waals surface area contributed by atoms with Crippen molar-refractivity contribution in [3.05, 3.63) is 54.1 Å². The van der Waals surface area contributed by atoms with Crippen LogP contribution in [0.1, 0.15) is 75.6 Å². The first-order valence-corrected chi connectivity index (χ1v) is 11.1. The molecule has 0 aliphatic heterocycles. The lowest BCUT2D eigenvalue weighted by Crippen LogP contribution is -2.07. The molecule has 6 heteroatoms. The largest absolute Gasteiger partial charge is 0.462 e. The zero-order valence-electron chi connectivity index (χ0n) is 18.5. The molecule has 6 nitrogen and oxygen atoms in total. The third-order valence-corrected chi connectivity index (χ3v) is 4.71. The highest BCUT2D eigenvalue weighted by Gasteiger charge is 2.06. The predicted molar refractivity (Wildman–Crippen MR) is 121 cm³/mol. The Kier molecular flexibility index (Phi) is 11.0. The predicted octanol–water partition coefficient (Wildman–Crippen LogP) is 7.32. The van der Waals surface area contributed by atoms with Gasteiger partial charge < -0.3 is 9.47 Å². The number of carbonyl (C=O) groups excluding carboxylic acids is 2. The maximum absolute atomic E-state index is 12.0. The van der Waals surface area contributed by atoms with E-state index in [1.165, 1.54) is 32.1 Å². The number of azo groups is 1. The molecule has 0 unspecified atom stereocenters. The lowest BCUT2D eigenvalue weighted by atomic mass is 10.1. The van der Waals surface area contributed by atoms with Crippen LogP contribution < -0.4 is 4.74 Å². The summed E-state index contributed by atoms with van der Waals surface area (Å²) in [5.41, 5.74) is 1.74. The van der Waals surface area contributed by atoms with E-state index in [0.29, 0.717) is 35.7 Å². The fourth-order valence-electron chi connectivity index (χ4n) is 2.98. The summed E-state index contributed by atoms with van der Waals surface area (Å²) in [5, 5.41) is 8.32. The third-order valence-electron chi connectivity index (χ3n) is 4.71.